The molecule has 1 heterocycles. The van der Waals surface area contributed by atoms with Crippen molar-refractivity contribution in [2.75, 3.05) is 13.2 Å². The maximum atomic E-state index is 11.8. The summed E-state index contributed by atoms with van der Waals surface area (Å²) in [6, 6.07) is 0. The van der Waals surface area contributed by atoms with Crippen molar-refractivity contribution >= 4 is 17.2 Å². The van der Waals surface area contributed by atoms with Crippen LogP contribution < -0.4 is 5.32 Å². The molecule has 0 unspecified atom stereocenters. The van der Waals surface area contributed by atoms with E-state index in [2.05, 4.69) is 10.3 Å². The van der Waals surface area contributed by atoms with Gasteiger partial charge in [0.05, 0.1) is 11.1 Å². The van der Waals surface area contributed by atoms with Crippen molar-refractivity contribution in [1.82, 2.24) is 10.3 Å². The molecule has 0 aliphatic rings. The van der Waals surface area contributed by atoms with Gasteiger partial charge in [-0.25, -0.2) is 4.98 Å². The fourth-order valence-corrected chi connectivity index (χ4v) is 2.23. The maximum absolute atomic E-state index is 11.8. The molecule has 0 radical (unpaired) electrons. The first-order valence-corrected chi connectivity index (χ1v) is 6.66. The van der Waals surface area contributed by atoms with E-state index in [1.165, 1.54) is 0 Å². The third-order valence-electron chi connectivity index (χ3n) is 2.18. The lowest BCUT2D eigenvalue weighted by Gasteiger charge is -2.07. The van der Waals surface area contributed by atoms with Crippen LogP contribution in [0.4, 0.5) is 0 Å². The molecule has 4 nitrogen and oxygen atoms in total. The Morgan fingerprint density at radius 2 is 2.18 bits per heavy atom. The molecule has 0 aliphatic heterocycles. The number of ether oxygens (including phenoxy) is 1. The molecular weight excluding hydrogens is 236 g/mol. The predicted octanol–water partition coefficient (Wildman–Crippen LogP) is 2.30. The minimum absolute atomic E-state index is 0.0867. The minimum atomic E-state index is -0.0867. The van der Waals surface area contributed by atoms with Gasteiger partial charge in [-0.2, -0.15) is 0 Å². The van der Waals surface area contributed by atoms with Crippen LogP contribution in [0, 0.1) is 13.8 Å². The third-order valence-corrected chi connectivity index (χ3v) is 3.06. The Morgan fingerprint density at radius 3 is 2.71 bits per heavy atom. The largest absolute Gasteiger partial charge is 0.379 e. The van der Waals surface area contributed by atoms with Crippen LogP contribution in [0.2, 0.25) is 0 Å². The molecule has 0 atom stereocenters. The number of aromatic nitrogens is 1. The van der Waals surface area contributed by atoms with Crippen LogP contribution in [0.5, 0.6) is 0 Å². The second-order valence-corrected chi connectivity index (χ2v) is 5.57. The third kappa shape index (κ3) is 4.83. The van der Waals surface area contributed by atoms with Gasteiger partial charge in [0.2, 0.25) is 0 Å². The molecule has 0 saturated carbocycles. The molecule has 0 fully saturated rings. The second kappa shape index (κ2) is 6.71. The summed E-state index contributed by atoms with van der Waals surface area (Å²) in [6.45, 7) is 9.13. The van der Waals surface area contributed by atoms with E-state index in [9.17, 15) is 4.79 Å². The van der Waals surface area contributed by atoms with Crippen molar-refractivity contribution in [3.63, 3.8) is 0 Å². The van der Waals surface area contributed by atoms with Gasteiger partial charge in [0, 0.05) is 18.0 Å². The van der Waals surface area contributed by atoms with Crippen molar-refractivity contribution < 1.29 is 9.53 Å². The highest BCUT2D eigenvalue weighted by Crippen LogP contribution is 2.15. The highest BCUT2D eigenvalue weighted by Gasteiger charge is 2.12. The molecule has 1 N–H and O–H groups in total. The lowest BCUT2D eigenvalue weighted by atomic mass is 10.3. The van der Waals surface area contributed by atoms with Gasteiger partial charge in [-0.15, -0.1) is 11.3 Å². The predicted molar refractivity (Wildman–Crippen MR) is 69.6 cm³/mol. The number of carbonyl (C=O) groups excluding carboxylic acids is 1. The van der Waals surface area contributed by atoms with Crippen LogP contribution in [0.15, 0.2) is 0 Å². The second-order valence-electron chi connectivity index (χ2n) is 4.17. The molecule has 1 rings (SSSR count). The normalized spacial score (nSPS) is 10.9. The Morgan fingerprint density at radius 1 is 1.47 bits per heavy atom. The SMILES string of the molecule is Cc1nc(C(=O)NCCCOC(C)C)c(C)s1. The Labute approximate surface area is 106 Å². The summed E-state index contributed by atoms with van der Waals surface area (Å²) in [7, 11) is 0. The van der Waals surface area contributed by atoms with Crippen LogP contribution in [0.1, 0.15) is 40.6 Å². The molecule has 0 spiro atoms. The monoisotopic (exact) mass is 256 g/mol. The highest BCUT2D eigenvalue weighted by molar-refractivity contribution is 7.11. The van der Waals surface area contributed by atoms with Crippen molar-refractivity contribution in [2.24, 2.45) is 0 Å². The van der Waals surface area contributed by atoms with Gasteiger partial charge in [0.25, 0.3) is 5.91 Å². The van der Waals surface area contributed by atoms with Crippen molar-refractivity contribution in [1.29, 1.82) is 0 Å². The van der Waals surface area contributed by atoms with Crippen LogP contribution >= 0.6 is 11.3 Å². The van der Waals surface area contributed by atoms with Gasteiger partial charge in [0.15, 0.2) is 0 Å². The quantitative estimate of drug-likeness (QED) is 0.795. The van der Waals surface area contributed by atoms with Crippen LogP contribution in [0.3, 0.4) is 0 Å². The summed E-state index contributed by atoms with van der Waals surface area (Å²) < 4.78 is 5.39. The van der Waals surface area contributed by atoms with Crippen molar-refractivity contribution in [2.45, 2.75) is 40.2 Å². The zero-order valence-corrected chi connectivity index (χ0v) is 11.7. The van der Waals surface area contributed by atoms with E-state index < -0.39 is 0 Å². The van der Waals surface area contributed by atoms with E-state index >= 15 is 0 Å². The van der Waals surface area contributed by atoms with E-state index in [4.69, 9.17) is 4.74 Å². The fraction of sp³-hybridized carbons (Fsp3) is 0.667. The average molecular weight is 256 g/mol. The zero-order chi connectivity index (χ0) is 12.8. The highest BCUT2D eigenvalue weighted by atomic mass is 32.1. The van der Waals surface area contributed by atoms with E-state index in [0.29, 0.717) is 18.8 Å². The van der Waals surface area contributed by atoms with Crippen molar-refractivity contribution in [3.8, 4) is 0 Å². The zero-order valence-electron chi connectivity index (χ0n) is 10.9. The number of carbonyl (C=O) groups is 1. The van der Waals surface area contributed by atoms with Crippen LogP contribution in [0.25, 0.3) is 0 Å². The first-order valence-electron chi connectivity index (χ1n) is 5.84. The Bertz CT molecular complexity index is 375. The summed E-state index contributed by atoms with van der Waals surface area (Å²) in [5, 5.41) is 3.78. The lowest BCUT2D eigenvalue weighted by Crippen LogP contribution is -2.26. The summed E-state index contributed by atoms with van der Waals surface area (Å²) in [5.41, 5.74) is 0.553. The van der Waals surface area contributed by atoms with Crippen molar-refractivity contribution in [3.05, 3.63) is 15.6 Å². The number of nitrogens with one attached hydrogen (secondary N) is 1. The first-order chi connectivity index (χ1) is 8.00. The lowest BCUT2D eigenvalue weighted by molar-refractivity contribution is 0.0756. The molecule has 1 aromatic heterocycles. The number of amides is 1. The molecule has 0 aromatic carbocycles. The molecule has 0 bridgehead atoms. The van der Waals surface area contributed by atoms with E-state index in [0.717, 1.165) is 16.3 Å². The average Bonchev–Trinajstić information content (AvgIpc) is 2.56. The summed E-state index contributed by atoms with van der Waals surface area (Å²) in [6.07, 6.45) is 1.07. The van der Waals surface area contributed by atoms with Gasteiger partial charge in [-0.3, -0.25) is 4.79 Å². The molecule has 0 saturated heterocycles. The van der Waals surface area contributed by atoms with Gasteiger partial charge < -0.3 is 10.1 Å². The van der Waals surface area contributed by atoms with Gasteiger partial charge >= 0.3 is 0 Å². The van der Waals surface area contributed by atoms with E-state index in [1.807, 2.05) is 27.7 Å². The first kappa shape index (κ1) is 14.1. The van der Waals surface area contributed by atoms with E-state index in [-0.39, 0.29) is 12.0 Å². The number of rotatable bonds is 6. The van der Waals surface area contributed by atoms with Crippen LogP contribution in [-0.4, -0.2) is 30.1 Å². The van der Waals surface area contributed by atoms with E-state index in [1.54, 1.807) is 11.3 Å². The number of hydrogen-bond donors (Lipinski definition) is 1. The van der Waals surface area contributed by atoms with Gasteiger partial charge in [-0.1, -0.05) is 0 Å². The molecule has 1 amide bonds. The molecule has 5 heteroatoms. The topological polar surface area (TPSA) is 51.2 Å². The minimum Gasteiger partial charge on any atom is -0.379 e. The van der Waals surface area contributed by atoms with Crippen LogP contribution in [-0.2, 0) is 4.74 Å². The molecule has 17 heavy (non-hydrogen) atoms. The molecule has 1 aromatic rings. The molecule has 0 aliphatic carbocycles. The fourth-order valence-electron chi connectivity index (χ4n) is 1.42. The number of aryl methyl sites for hydroxylation is 2. The summed E-state index contributed by atoms with van der Waals surface area (Å²) >= 11 is 1.55. The summed E-state index contributed by atoms with van der Waals surface area (Å²) in [5.74, 6) is -0.0867. The Kier molecular flexibility index (Phi) is 5.58. The maximum Gasteiger partial charge on any atom is 0.271 e. The smallest absolute Gasteiger partial charge is 0.271 e. The molecular formula is C12H20N2O2S. The van der Waals surface area contributed by atoms with Gasteiger partial charge in [0.1, 0.15) is 5.69 Å². The molecule has 96 valence electrons. The standard InChI is InChI=1S/C12H20N2O2S/c1-8(2)16-7-5-6-13-12(15)11-9(3)17-10(4)14-11/h8H,5-7H2,1-4H3,(H,13,15). The Balaban J connectivity index is 2.28. The Hall–Kier alpha value is -0.940. The number of hydrogen-bond acceptors (Lipinski definition) is 4. The number of thiazole rings is 1. The van der Waals surface area contributed by atoms with Gasteiger partial charge in [-0.05, 0) is 34.1 Å². The summed E-state index contributed by atoms with van der Waals surface area (Å²) in [4.78, 5) is 17.0. The number of nitrogens with zero attached hydrogens (tertiary/aromatic N) is 1.